The Morgan fingerprint density at radius 1 is 1.69 bits per heavy atom. The third-order valence-electron chi connectivity index (χ3n) is 1.87. The summed E-state index contributed by atoms with van der Waals surface area (Å²) >= 11 is 0. The highest BCUT2D eigenvalue weighted by atomic mass is 16.5. The van der Waals surface area contributed by atoms with Crippen molar-refractivity contribution in [2.75, 3.05) is 26.3 Å². The average molecular weight is 181 g/mol. The fourth-order valence-corrected chi connectivity index (χ4v) is 1.03. The maximum atomic E-state index is 8.76. The smallest absolute Gasteiger partial charge is 0.153 e. The highest BCUT2D eigenvalue weighted by molar-refractivity contribution is 5.11. The number of azide groups is 1. The van der Waals surface area contributed by atoms with Crippen LogP contribution in [-0.2, 0) is 4.74 Å². The van der Waals surface area contributed by atoms with Gasteiger partial charge in [0.1, 0.15) is 0 Å². The minimum Gasteiger partial charge on any atom is -0.375 e. The number of nitrogens with zero attached hydrogens (tertiary/aromatic N) is 4. The van der Waals surface area contributed by atoms with E-state index in [0.717, 1.165) is 6.42 Å². The standard InChI is InChI=1S/C7H11N5O/c8-4-7(5-13-6-7)10-2-1-3-11-12-9/h10H,1-3,5-6H2. The van der Waals surface area contributed by atoms with Crippen molar-refractivity contribution >= 4 is 0 Å². The van der Waals surface area contributed by atoms with E-state index in [-0.39, 0.29) is 0 Å². The second-order valence-corrected chi connectivity index (χ2v) is 2.92. The van der Waals surface area contributed by atoms with E-state index in [1.807, 2.05) is 0 Å². The van der Waals surface area contributed by atoms with Crippen molar-refractivity contribution in [3.63, 3.8) is 0 Å². The second kappa shape index (κ2) is 4.67. The first kappa shape index (κ1) is 9.81. The van der Waals surface area contributed by atoms with Gasteiger partial charge in [-0.25, -0.2) is 0 Å². The third kappa shape index (κ3) is 2.60. The molecule has 0 aromatic heterocycles. The van der Waals surface area contributed by atoms with Crippen molar-refractivity contribution < 1.29 is 4.74 Å². The molecule has 0 aromatic carbocycles. The van der Waals surface area contributed by atoms with Gasteiger partial charge in [0.05, 0.1) is 19.3 Å². The molecule has 1 aliphatic rings. The fourth-order valence-electron chi connectivity index (χ4n) is 1.03. The van der Waals surface area contributed by atoms with Crippen molar-refractivity contribution in [1.82, 2.24) is 5.32 Å². The zero-order valence-electron chi connectivity index (χ0n) is 7.23. The first-order valence-corrected chi connectivity index (χ1v) is 4.08. The van der Waals surface area contributed by atoms with Gasteiger partial charge in [0.15, 0.2) is 5.54 Å². The molecule has 0 spiro atoms. The molecule has 1 fully saturated rings. The molecule has 1 saturated heterocycles. The average Bonchev–Trinajstić information content (AvgIpc) is 2.09. The summed E-state index contributed by atoms with van der Waals surface area (Å²) in [5.74, 6) is 0. The number of ether oxygens (including phenoxy) is 1. The molecule has 0 radical (unpaired) electrons. The molecule has 0 atom stereocenters. The molecular formula is C7H11N5O. The molecule has 6 heteroatoms. The molecule has 1 N–H and O–H groups in total. The topological polar surface area (TPSA) is 93.8 Å². The van der Waals surface area contributed by atoms with E-state index in [2.05, 4.69) is 21.4 Å². The Hall–Kier alpha value is -1.28. The Balaban J connectivity index is 2.11. The Morgan fingerprint density at radius 3 is 2.92 bits per heavy atom. The molecule has 0 bridgehead atoms. The quantitative estimate of drug-likeness (QED) is 0.290. The van der Waals surface area contributed by atoms with Crippen LogP contribution in [0.15, 0.2) is 5.11 Å². The van der Waals surface area contributed by atoms with Gasteiger partial charge in [0.25, 0.3) is 0 Å². The predicted molar refractivity (Wildman–Crippen MR) is 45.8 cm³/mol. The van der Waals surface area contributed by atoms with E-state index < -0.39 is 5.54 Å². The lowest BCUT2D eigenvalue weighted by Gasteiger charge is -2.35. The van der Waals surface area contributed by atoms with Crippen molar-refractivity contribution in [3.8, 4) is 6.07 Å². The van der Waals surface area contributed by atoms with Crippen LogP contribution in [0.2, 0.25) is 0 Å². The van der Waals surface area contributed by atoms with E-state index in [1.54, 1.807) is 0 Å². The second-order valence-electron chi connectivity index (χ2n) is 2.92. The third-order valence-corrected chi connectivity index (χ3v) is 1.87. The van der Waals surface area contributed by atoms with E-state index in [9.17, 15) is 0 Å². The van der Waals surface area contributed by atoms with E-state index >= 15 is 0 Å². The number of nitrogens with one attached hydrogen (secondary N) is 1. The van der Waals surface area contributed by atoms with E-state index in [0.29, 0.717) is 26.3 Å². The molecule has 1 heterocycles. The molecule has 0 aromatic rings. The largest absolute Gasteiger partial charge is 0.375 e. The number of hydrogen-bond donors (Lipinski definition) is 1. The number of hydrogen-bond acceptors (Lipinski definition) is 4. The first-order valence-electron chi connectivity index (χ1n) is 4.08. The highest BCUT2D eigenvalue weighted by Crippen LogP contribution is 2.14. The molecular weight excluding hydrogens is 170 g/mol. The maximum absolute atomic E-state index is 8.76. The normalized spacial score (nSPS) is 18.1. The van der Waals surface area contributed by atoms with E-state index in [1.165, 1.54) is 0 Å². The van der Waals surface area contributed by atoms with Crippen LogP contribution in [0, 0.1) is 11.3 Å². The predicted octanol–water partition coefficient (Wildman–Crippen LogP) is 0.569. The molecule has 0 aliphatic carbocycles. The van der Waals surface area contributed by atoms with Crippen LogP contribution in [-0.4, -0.2) is 31.8 Å². The summed E-state index contributed by atoms with van der Waals surface area (Å²) in [5.41, 5.74) is 7.50. The summed E-state index contributed by atoms with van der Waals surface area (Å²) in [6.07, 6.45) is 0.744. The Morgan fingerprint density at radius 2 is 2.46 bits per heavy atom. The number of nitriles is 1. The summed E-state index contributed by atoms with van der Waals surface area (Å²) in [6, 6.07) is 2.17. The Labute approximate surface area is 76.1 Å². The summed E-state index contributed by atoms with van der Waals surface area (Å²) in [6.45, 7) is 2.04. The lowest BCUT2D eigenvalue weighted by Crippen LogP contribution is -2.59. The Kier molecular flexibility index (Phi) is 3.53. The lowest BCUT2D eigenvalue weighted by atomic mass is 10.00. The van der Waals surface area contributed by atoms with Crippen LogP contribution >= 0.6 is 0 Å². The summed E-state index contributed by atoms with van der Waals surface area (Å²) in [4.78, 5) is 2.63. The summed E-state index contributed by atoms with van der Waals surface area (Å²) < 4.78 is 4.94. The lowest BCUT2D eigenvalue weighted by molar-refractivity contribution is -0.0433. The molecule has 6 nitrogen and oxygen atoms in total. The van der Waals surface area contributed by atoms with Gasteiger partial charge in [-0.05, 0) is 18.5 Å². The van der Waals surface area contributed by atoms with E-state index in [4.69, 9.17) is 15.5 Å². The van der Waals surface area contributed by atoms with Crippen LogP contribution < -0.4 is 5.32 Å². The molecule has 13 heavy (non-hydrogen) atoms. The maximum Gasteiger partial charge on any atom is 0.153 e. The van der Waals surface area contributed by atoms with Gasteiger partial charge in [-0.1, -0.05) is 5.11 Å². The van der Waals surface area contributed by atoms with Crippen molar-refractivity contribution in [3.05, 3.63) is 10.4 Å². The molecule has 0 amide bonds. The number of rotatable bonds is 5. The fraction of sp³-hybridized carbons (Fsp3) is 0.857. The van der Waals surface area contributed by atoms with Gasteiger partial charge in [0, 0.05) is 11.5 Å². The summed E-state index contributed by atoms with van der Waals surface area (Å²) in [5, 5.41) is 15.2. The van der Waals surface area contributed by atoms with Crippen molar-refractivity contribution in [1.29, 1.82) is 5.26 Å². The molecule has 0 saturated carbocycles. The van der Waals surface area contributed by atoms with Crippen LogP contribution in [0.5, 0.6) is 0 Å². The Bertz CT molecular complexity index is 248. The zero-order valence-corrected chi connectivity index (χ0v) is 7.23. The minimum absolute atomic E-state index is 0.449. The van der Waals surface area contributed by atoms with Gasteiger partial charge in [-0.3, -0.25) is 5.32 Å². The van der Waals surface area contributed by atoms with Crippen LogP contribution in [0.4, 0.5) is 0 Å². The molecule has 1 rings (SSSR count). The summed E-state index contributed by atoms with van der Waals surface area (Å²) in [7, 11) is 0. The zero-order chi connectivity index (χ0) is 9.57. The minimum atomic E-state index is -0.490. The van der Waals surface area contributed by atoms with Gasteiger partial charge in [-0.2, -0.15) is 5.26 Å². The molecule has 70 valence electrons. The van der Waals surface area contributed by atoms with Gasteiger partial charge in [0.2, 0.25) is 0 Å². The SMILES string of the molecule is N#CC1(NCCCN=[N+]=[N-])COC1. The monoisotopic (exact) mass is 181 g/mol. The molecule has 0 unspecified atom stereocenters. The highest BCUT2D eigenvalue weighted by Gasteiger charge is 2.37. The molecule has 1 aliphatic heterocycles. The van der Waals surface area contributed by atoms with Gasteiger partial charge >= 0.3 is 0 Å². The van der Waals surface area contributed by atoms with Gasteiger partial charge in [-0.15, -0.1) is 0 Å². The van der Waals surface area contributed by atoms with Crippen LogP contribution in [0.1, 0.15) is 6.42 Å². The van der Waals surface area contributed by atoms with Crippen LogP contribution in [0.25, 0.3) is 10.4 Å². The first-order chi connectivity index (χ1) is 6.33. The van der Waals surface area contributed by atoms with Crippen molar-refractivity contribution in [2.45, 2.75) is 12.0 Å². The van der Waals surface area contributed by atoms with Crippen molar-refractivity contribution in [2.24, 2.45) is 5.11 Å². The van der Waals surface area contributed by atoms with Crippen LogP contribution in [0.3, 0.4) is 0 Å². The van der Waals surface area contributed by atoms with Gasteiger partial charge < -0.3 is 4.74 Å².